The lowest BCUT2D eigenvalue weighted by atomic mass is 10.1. The van der Waals surface area contributed by atoms with Crippen molar-refractivity contribution in [3.05, 3.63) is 70.1 Å². The predicted octanol–water partition coefficient (Wildman–Crippen LogP) is 2.62. The number of rotatable bonds is 8. The Labute approximate surface area is 190 Å². The molecule has 10 heteroatoms. The third-order valence-electron chi connectivity index (χ3n) is 5.32. The van der Waals surface area contributed by atoms with Crippen molar-refractivity contribution in [2.75, 3.05) is 20.3 Å². The summed E-state index contributed by atoms with van der Waals surface area (Å²) < 4.78 is 48.5. The summed E-state index contributed by atoms with van der Waals surface area (Å²) in [6, 6.07) is 11.7. The number of nitrogens with one attached hydrogen (secondary N) is 1. The number of methoxy groups -OCH3 is 1. The molecule has 174 valence electrons. The lowest BCUT2D eigenvalue weighted by Gasteiger charge is -2.12. The standard InChI is InChI=1S/C23H23NO8S/c1-29-17-6-9-20-16(11-22(25)32-21(20)12-17)14-31-23(26)15-4-7-19(8-5-15)33(27,28)24-13-18-3-2-10-30-18/h4-9,11-12,18,24H,2-3,10,13-14H2,1H3/t18-/m1/s1. The van der Waals surface area contributed by atoms with Crippen LogP contribution >= 0.6 is 0 Å². The second kappa shape index (κ2) is 9.74. The summed E-state index contributed by atoms with van der Waals surface area (Å²) in [5, 5.41) is 0.613. The average Bonchev–Trinajstić information content (AvgIpc) is 3.34. The molecular weight excluding hydrogens is 450 g/mol. The molecule has 0 aliphatic carbocycles. The lowest BCUT2D eigenvalue weighted by Crippen LogP contribution is -2.31. The zero-order valence-corrected chi connectivity index (χ0v) is 18.7. The number of carbonyl (C=O) groups excluding carboxylic acids is 1. The Kier molecular flexibility index (Phi) is 6.77. The Balaban J connectivity index is 1.42. The lowest BCUT2D eigenvalue weighted by molar-refractivity contribution is 0.0473. The maximum Gasteiger partial charge on any atom is 0.338 e. The fourth-order valence-electron chi connectivity index (χ4n) is 3.54. The normalized spacial score (nSPS) is 16.1. The van der Waals surface area contributed by atoms with Crippen molar-refractivity contribution in [3.8, 4) is 5.75 Å². The topological polar surface area (TPSA) is 121 Å². The van der Waals surface area contributed by atoms with E-state index in [0.29, 0.717) is 28.9 Å². The van der Waals surface area contributed by atoms with Gasteiger partial charge in [0.2, 0.25) is 10.0 Å². The molecule has 9 nitrogen and oxygen atoms in total. The molecule has 2 aromatic carbocycles. The first kappa shape index (κ1) is 23.0. The van der Waals surface area contributed by atoms with Crippen LogP contribution in [0.25, 0.3) is 11.0 Å². The highest BCUT2D eigenvalue weighted by Crippen LogP contribution is 2.23. The van der Waals surface area contributed by atoms with Gasteiger partial charge in [-0.25, -0.2) is 22.7 Å². The predicted molar refractivity (Wildman–Crippen MR) is 119 cm³/mol. The number of benzene rings is 2. The first-order valence-electron chi connectivity index (χ1n) is 10.3. The molecule has 0 amide bonds. The van der Waals surface area contributed by atoms with Crippen LogP contribution in [0.5, 0.6) is 5.75 Å². The first-order valence-corrected chi connectivity index (χ1v) is 11.8. The smallest absolute Gasteiger partial charge is 0.338 e. The van der Waals surface area contributed by atoms with Crippen LogP contribution in [-0.2, 0) is 26.1 Å². The molecule has 33 heavy (non-hydrogen) atoms. The Morgan fingerprint density at radius 1 is 1.15 bits per heavy atom. The van der Waals surface area contributed by atoms with Gasteiger partial charge in [-0.2, -0.15) is 0 Å². The van der Waals surface area contributed by atoms with Crippen LogP contribution in [0.3, 0.4) is 0 Å². The molecule has 4 rings (SSSR count). The van der Waals surface area contributed by atoms with E-state index in [0.717, 1.165) is 12.8 Å². The van der Waals surface area contributed by atoms with Gasteiger partial charge in [-0.05, 0) is 49.2 Å². The van der Waals surface area contributed by atoms with E-state index < -0.39 is 21.6 Å². The molecule has 2 heterocycles. The van der Waals surface area contributed by atoms with Crippen LogP contribution in [0.4, 0.5) is 0 Å². The molecule has 1 N–H and O–H groups in total. The summed E-state index contributed by atoms with van der Waals surface area (Å²) in [5.74, 6) is -0.124. The van der Waals surface area contributed by atoms with Gasteiger partial charge in [0.15, 0.2) is 0 Å². The minimum absolute atomic E-state index is 0.0395. The molecule has 1 saturated heterocycles. The molecule has 0 spiro atoms. The van der Waals surface area contributed by atoms with Gasteiger partial charge < -0.3 is 18.6 Å². The van der Waals surface area contributed by atoms with Crippen LogP contribution in [0, 0.1) is 0 Å². The summed E-state index contributed by atoms with van der Waals surface area (Å²) in [7, 11) is -2.22. The number of carbonyl (C=O) groups is 1. The number of fused-ring (bicyclic) bond motifs is 1. The van der Waals surface area contributed by atoms with E-state index in [1.54, 1.807) is 18.2 Å². The Hall–Kier alpha value is -3.21. The van der Waals surface area contributed by atoms with E-state index in [1.807, 2.05) is 0 Å². The molecular formula is C23H23NO8S. The molecule has 1 fully saturated rings. The van der Waals surface area contributed by atoms with Crippen molar-refractivity contribution in [3.63, 3.8) is 0 Å². The number of sulfonamides is 1. The van der Waals surface area contributed by atoms with E-state index in [1.165, 1.54) is 37.4 Å². The van der Waals surface area contributed by atoms with Gasteiger partial charge in [0.1, 0.15) is 17.9 Å². The quantitative estimate of drug-likeness (QED) is 0.391. The highest BCUT2D eigenvalue weighted by Gasteiger charge is 2.21. The van der Waals surface area contributed by atoms with E-state index in [-0.39, 0.29) is 29.7 Å². The maximum absolute atomic E-state index is 12.5. The van der Waals surface area contributed by atoms with Gasteiger partial charge in [0.05, 0.1) is 23.7 Å². The van der Waals surface area contributed by atoms with Gasteiger partial charge in [-0.1, -0.05) is 0 Å². The summed E-state index contributed by atoms with van der Waals surface area (Å²) in [5.41, 5.74) is 0.404. The zero-order chi connectivity index (χ0) is 23.4. The van der Waals surface area contributed by atoms with Crippen LogP contribution in [-0.4, -0.2) is 40.8 Å². The molecule has 0 unspecified atom stereocenters. The molecule has 0 radical (unpaired) electrons. The highest BCUT2D eigenvalue weighted by atomic mass is 32.2. The largest absolute Gasteiger partial charge is 0.497 e. The van der Waals surface area contributed by atoms with Crippen molar-refractivity contribution < 1.29 is 31.8 Å². The van der Waals surface area contributed by atoms with E-state index in [9.17, 15) is 18.0 Å². The fourth-order valence-corrected chi connectivity index (χ4v) is 4.61. The van der Waals surface area contributed by atoms with Crippen molar-refractivity contribution in [1.82, 2.24) is 4.72 Å². The second-order valence-electron chi connectivity index (χ2n) is 7.54. The molecule has 0 saturated carbocycles. The Morgan fingerprint density at radius 3 is 2.64 bits per heavy atom. The number of ether oxygens (including phenoxy) is 3. The summed E-state index contributed by atoms with van der Waals surface area (Å²) >= 11 is 0. The van der Waals surface area contributed by atoms with Gasteiger partial charge in [-0.3, -0.25) is 0 Å². The molecule has 0 bridgehead atoms. The minimum Gasteiger partial charge on any atom is -0.497 e. The Morgan fingerprint density at radius 2 is 1.94 bits per heavy atom. The zero-order valence-electron chi connectivity index (χ0n) is 17.9. The fraction of sp³-hybridized carbons (Fsp3) is 0.304. The maximum atomic E-state index is 12.5. The summed E-state index contributed by atoms with van der Waals surface area (Å²) in [6.07, 6.45) is 1.62. The number of esters is 1. The van der Waals surface area contributed by atoms with Gasteiger partial charge in [0.25, 0.3) is 0 Å². The van der Waals surface area contributed by atoms with Crippen LogP contribution < -0.4 is 15.1 Å². The van der Waals surface area contributed by atoms with Crippen LogP contribution in [0.1, 0.15) is 28.8 Å². The molecule has 1 atom stereocenters. The van der Waals surface area contributed by atoms with E-state index in [4.69, 9.17) is 18.6 Å². The van der Waals surface area contributed by atoms with Crippen molar-refractivity contribution in [1.29, 1.82) is 0 Å². The van der Waals surface area contributed by atoms with E-state index in [2.05, 4.69) is 4.72 Å². The van der Waals surface area contributed by atoms with Crippen LogP contribution in [0.15, 0.2) is 62.6 Å². The van der Waals surface area contributed by atoms with Crippen LogP contribution in [0.2, 0.25) is 0 Å². The van der Waals surface area contributed by atoms with Crippen molar-refractivity contribution >= 4 is 27.0 Å². The monoisotopic (exact) mass is 473 g/mol. The van der Waals surface area contributed by atoms with Gasteiger partial charge in [0, 0.05) is 36.2 Å². The SMILES string of the molecule is COc1ccc2c(COC(=O)c3ccc(S(=O)(=O)NC[C@H]4CCCO4)cc3)cc(=O)oc2c1. The van der Waals surface area contributed by atoms with Crippen molar-refractivity contribution in [2.24, 2.45) is 0 Å². The molecule has 1 aromatic heterocycles. The third kappa shape index (κ3) is 5.41. The molecule has 1 aliphatic heterocycles. The minimum atomic E-state index is -3.72. The average molecular weight is 474 g/mol. The first-order chi connectivity index (χ1) is 15.9. The van der Waals surface area contributed by atoms with E-state index >= 15 is 0 Å². The van der Waals surface area contributed by atoms with Gasteiger partial charge >= 0.3 is 11.6 Å². The number of hydrogen-bond acceptors (Lipinski definition) is 8. The number of hydrogen-bond donors (Lipinski definition) is 1. The summed E-state index contributed by atoms with van der Waals surface area (Å²) in [6.45, 7) is 0.689. The highest BCUT2D eigenvalue weighted by molar-refractivity contribution is 7.89. The third-order valence-corrected chi connectivity index (χ3v) is 6.76. The summed E-state index contributed by atoms with van der Waals surface area (Å²) in [4.78, 5) is 24.4. The Bertz CT molecular complexity index is 1310. The molecule has 3 aromatic rings. The molecule has 1 aliphatic rings. The van der Waals surface area contributed by atoms with Gasteiger partial charge in [-0.15, -0.1) is 0 Å². The second-order valence-corrected chi connectivity index (χ2v) is 9.31. The van der Waals surface area contributed by atoms with Crippen molar-refractivity contribution in [2.45, 2.75) is 30.4 Å².